The van der Waals surface area contributed by atoms with E-state index in [-0.39, 0.29) is 0 Å². The van der Waals surface area contributed by atoms with Crippen molar-refractivity contribution in [2.45, 2.75) is 25.3 Å². The van der Waals surface area contributed by atoms with Crippen molar-refractivity contribution in [3.63, 3.8) is 0 Å². The van der Waals surface area contributed by atoms with Crippen LogP contribution in [0.25, 0.3) is 0 Å². The smallest absolute Gasteiger partial charge is 0.0615 e. The third-order valence-electron chi connectivity index (χ3n) is 2.88. The van der Waals surface area contributed by atoms with Gasteiger partial charge in [-0.15, -0.1) is 0 Å². The van der Waals surface area contributed by atoms with E-state index in [0.29, 0.717) is 6.04 Å². The number of hydrogen-bond acceptors (Lipinski definition) is 3. The molecular formula is C14H23ClN2O. The minimum atomic E-state index is 0.394. The molecule has 0 aliphatic heterocycles. The van der Waals surface area contributed by atoms with Crippen LogP contribution in [0, 0.1) is 0 Å². The number of halogens is 1. The summed E-state index contributed by atoms with van der Waals surface area (Å²) in [7, 11) is 1.73. The van der Waals surface area contributed by atoms with E-state index in [1.54, 1.807) is 7.11 Å². The Hall–Kier alpha value is -0.610. The molecule has 0 saturated carbocycles. The predicted octanol–water partition coefficient (Wildman–Crippen LogP) is 2.23. The summed E-state index contributed by atoms with van der Waals surface area (Å²) in [5.74, 6) is 0. The van der Waals surface area contributed by atoms with Gasteiger partial charge in [0.25, 0.3) is 0 Å². The van der Waals surface area contributed by atoms with E-state index in [0.717, 1.165) is 44.0 Å². The minimum absolute atomic E-state index is 0.394. The van der Waals surface area contributed by atoms with Crippen molar-refractivity contribution >= 4 is 11.6 Å². The first-order valence-corrected chi connectivity index (χ1v) is 6.81. The summed E-state index contributed by atoms with van der Waals surface area (Å²) in [6, 6.07) is 8.38. The molecule has 0 spiro atoms. The van der Waals surface area contributed by atoms with Gasteiger partial charge in [0.15, 0.2) is 0 Å². The number of methoxy groups -OCH3 is 1. The van der Waals surface area contributed by atoms with E-state index in [4.69, 9.17) is 22.1 Å². The molecule has 1 unspecified atom stereocenters. The summed E-state index contributed by atoms with van der Waals surface area (Å²) in [4.78, 5) is 0. The molecule has 3 nitrogen and oxygen atoms in total. The maximum Gasteiger partial charge on any atom is 0.0615 e. The molecule has 18 heavy (non-hydrogen) atoms. The van der Waals surface area contributed by atoms with Gasteiger partial charge < -0.3 is 15.8 Å². The van der Waals surface area contributed by atoms with E-state index >= 15 is 0 Å². The normalized spacial score (nSPS) is 12.6. The first kappa shape index (κ1) is 15.4. The molecule has 0 radical (unpaired) electrons. The Morgan fingerprint density at radius 2 is 2.06 bits per heavy atom. The van der Waals surface area contributed by atoms with Crippen LogP contribution in [0.1, 0.15) is 18.4 Å². The Kier molecular flexibility index (Phi) is 8.01. The molecule has 1 aromatic rings. The lowest BCUT2D eigenvalue weighted by atomic mass is 10.1. The summed E-state index contributed by atoms with van der Waals surface area (Å²) in [6.45, 7) is 2.42. The Balaban J connectivity index is 2.26. The molecule has 1 rings (SSSR count). The lowest BCUT2D eigenvalue weighted by Gasteiger charge is -2.17. The van der Waals surface area contributed by atoms with Gasteiger partial charge in [-0.3, -0.25) is 0 Å². The molecule has 1 aromatic carbocycles. The third kappa shape index (κ3) is 6.36. The van der Waals surface area contributed by atoms with Gasteiger partial charge in [-0.2, -0.15) is 0 Å². The van der Waals surface area contributed by atoms with Crippen molar-refractivity contribution in [2.75, 3.05) is 26.8 Å². The highest BCUT2D eigenvalue weighted by Crippen LogP contribution is 2.09. The van der Waals surface area contributed by atoms with E-state index in [9.17, 15) is 0 Å². The number of hydrogen-bond donors (Lipinski definition) is 2. The van der Waals surface area contributed by atoms with Crippen molar-refractivity contribution in [3.8, 4) is 0 Å². The number of ether oxygens (including phenoxy) is 1. The van der Waals surface area contributed by atoms with Crippen molar-refractivity contribution < 1.29 is 4.74 Å². The summed E-state index contributed by atoms with van der Waals surface area (Å²) in [5.41, 5.74) is 6.82. The van der Waals surface area contributed by atoms with Crippen molar-refractivity contribution in [1.29, 1.82) is 0 Å². The first-order chi connectivity index (χ1) is 8.76. The van der Waals surface area contributed by atoms with E-state index < -0.39 is 0 Å². The molecule has 0 saturated heterocycles. The molecule has 0 heterocycles. The number of benzene rings is 1. The molecule has 3 N–H and O–H groups in total. The molecular weight excluding hydrogens is 248 g/mol. The van der Waals surface area contributed by atoms with Crippen molar-refractivity contribution in [3.05, 3.63) is 34.9 Å². The van der Waals surface area contributed by atoms with Gasteiger partial charge in [0, 0.05) is 18.2 Å². The van der Waals surface area contributed by atoms with Gasteiger partial charge >= 0.3 is 0 Å². The Bertz CT molecular complexity index is 316. The standard InChI is InChI=1S/C14H23ClN2O/c1-18-11-14(3-2-9-16)17-10-8-12-4-6-13(15)7-5-12/h4-7,14,17H,2-3,8-11,16H2,1H3. The summed E-state index contributed by atoms with van der Waals surface area (Å²) >= 11 is 5.85. The first-order valence-electron chi connectivity index (χ1n) is 6.43. The third-order valence-corrected chi connectivity index (χ3v) is 3.14. The molecule has 0 fully saturated rings. The summed E-state index contributed by atoms with van der Waals surface area (Å²) in [5, 5.41) is 4.29. The molecule has 102 valence electrons. The maximum absolute atomic E-state index is 5.85. The monoisotopic (exact) mass is 270 g/mol. The largest absolute Gasteiger partial charge is 0.383 e. The lowest BCUT2D eigenvalue weighted by molar-refractivity contribution is 0.162. The van der Waals surface area contributed by atoms with Gasteiger partial charge in [-0.1, -0.05) is 23.7 Å². The number of rotatable bonds is 9. The van der Waals surface area contributed by atoms with Crippen LogP contribution >= 0.6 is 11.6 Å². The summed E-state index contributed by atoms with van der Waals surface area (Å²) in [6.07, 6.45) is 3.09. The molecule has 0 amide bonds. The Labute approximate surface area is 115 Å². The Morgan fingerprint density at radius 3 is 2.67 bits per heavy atom. The highest BCUT2D eigenvalue weighted by Gasteiger charge is 2.06. The fourth-order valence-electron chi connectivity index (χ4n) is 1.88. The lowest BCUT2D eigenvalue weighted by Crippen LogP contribution is -2.35. The highest BCUT2D eigenvalue weighted by molar-refractivity contribution is 6.30. The van der Waals surface area contributed by atoms with Crippen molar-refractivity contribution in [1.82, 2.24) is 5.32 Å². The van der Waals surface area contributed by atoms with Gasteiger partial charge in [0.05, 0.1) is 6.61 Å². The molecule has 0 aliphatic rings. The van der Waals surface area contributed by atoms with Gasteiger partial charge in [-0.25, -0.2) is 0 Å². The van der Waals surface area contributed by atoms with Crippen LogP contribution in [0.15, 0.2) is 24.3 Å². The number of nitrogens with two attached hydrogens (primary N) is 1. The zero-order valence-electron chi connectivity index (χ0n) is 11.0. The molecule has 0 bridgehead atoms. The van der Waals surface area contributed by atoms with Crippen LogP contribution < -0.4 is 11.1 Å². The molecule has 1 atom stereocenters. The SMILES string of the molecule is COCC(CCCN)NCCc1ccc(Cl)cc1. The average Bonchev–Trinajstić information content (AvgIpc) is 2.38. The topological polar surface area (TPSA) is 47.3 Å². The van der Waals surface area contributed by atoms with E-state index in [2.05, 4.69) is 17.4 Å². The Morgan fingerprint density at radius 1 is 1.33 bits per heavy atom. The number of nitrogens with one attached hydrogen (secondary N) is 1. The van der Waals surface area contributed by atoms with Crippen LogP contribution in [-0.2, 0) is 11.2 Å². The maximum atomic E-state index is 5.85. The zero-order valence-corrected chi connectivity index (χ0v) is 11.7. The van der Waals surface area contributed by atoms with Crippen LogP contribution in [0.2, 0.25) is 5.02 Å². The zero-order chi connectivity index (χ0) is 13.2. The minimum Gasteiger partial charge on any atom is -0.383 e. The molecule has 4 heteroatoms. The van der Waals surface area contributed by atoms with Crippen LogP contribution in [-0.4, -0.2) is 32.8 Å². The van der Waals surface area contributed by atoms with Gasteiger partial charge in [0.1, 0.15) is 0 Å². The average molecular weight is 271 g/mol. The quantitative estimate of drug-likeness (QED) is 0.723. The van der Waals surface area contributed by atoms with Gasteiger partial charge in [0.2, 0.25) is 0 Å². The second-order valence-corrected chi connectivity index (χ2v) is 4.85. The van der Waals surface area contributed by atoms with Gasteiger partial charge in [-0.05, 0) is 50.0 Å². The second kappa shape index (κ2) is 9.34. The fourth-order valence-corrected chi connectivity index (χ4v) is 2.01. The van der Waals surface area contributed by atoms with Crippen LogP contribution in [0.5, 0.6) is 0 Å². The molecule has 0 aliphatic carbocycles. The van der Waals surface area contributed by atoms with Crippen molar-refractivity contribution in [2.24, 2.45) is 5.73 Å². The van der Waals surface area contributed by atoms with E-state index in [1.807, 2.05) is 12.1 Å². The van der Waals surface area contributed by atoms with Crippen LogP contribution in [0.3, 0.4) is 0 Å². The predicted molar refractivity (Wildman–Crippen MR) is 77.1 cm³/mol. The highest BCUT2D eigenvalue weighted by atomic mass is 35.5. The van der Waals surface area contributed by atoms with Crippen LogP contribution in [0.4, 0.5) is 0 Å². The molecule has 0 aromatic heterocycles. The fraction of sp³-hybridized carbons (Fsp3) is 0.571. The van der Waals surface area contributed by atoms with E-state index in [1.165, 1.54) is 5.56 Å². The second-order valence-electron chi connectivity index (χ2n) is 4.41. The summed E-state index contributed by atoms with van der Waals surface area (Å²) < 4.78 is 5.20.